The highest BCUT2D eigenvalue weighted by atomic mass is 31.2. The topological polar surface area (TPSA) is 237 Å². The summed E-state index contributed by atoms with van der Waals surface area (Å²) in [4.78, 5) is 72.7. The molecule has 19 heteroatoms. The number of aliphatic hydroxyl groups is 1. The van der Waals surface area contributed by atoms with Gasteiger partial charge in [-0.3, -0.25) is 37.3 Å². The van der Waals surface area contributed by atoms with Crippen LogP contribution in [-0.2, 0) is 65.4 Å². The molecule has 0 radical (unpaired) electrons. The molecule has 0 saturated heterocycles. The summed E-state index contributed by atoms with van der Waals surface area (Å²) in [7, 11) is -9.91. The Morgan fingerprint density at radius 2 is 0.484 bits per heavy atom. The zero-order chi connectivity index (χ0) is 70.1. The van der Waals surface area contributed by atoms with Crippen LogP contribution in [0.15, 0.2) is 0 Å². The third-order valence-electron chi connectivity index (χ3n) is 17.6. The summed E-state index contributed by atoms with van der Waals surface area (Å²) in [6.45, 7) is 11.7. The summed E-state index contributed by atoms with van der Waals surface area (Å²) < 4.78 is 68.4. The molecule has 0 saturated carbocycles. The van der Waals surface area contributed by atoms with Gasteiger partial charge in [0.05, 0.1) is 26.4 Å². The van der Waals surface area contributed by atoms with Gasteiger partial charge in [-0.1, -0.05) is 337 Å². The lowest BCUT2D eigenvalue weighted by atomic mass is 10.0. The van der Waals surface area contributed by atoms with Gasteiger partial charge in [-0.2, -0.15) is 0 Å². The Balaban J connectivity index is 5.19. The number of hydrogen-bond acceptors (Lipinski definition) is 15. The Labute approximate surface area is 581 Å². The lowest BCUT2D eigenvalue weighted by molar-refractivity contribution is -0.161. The van der Waals surface area contributed by atoms with E-state index in [0.29, 0.717) is 37.5 Å². The summed E-state index contributed by atoms with van der Waals surface area (Å²) in [6, 6.07) is 0. The van der Waals surface area contributed by atoms with E-state index >= 15 is 0 Å². The Kier molecular flexibility index (Phi) is 65.2. The highest BCUT2D eigenvalue weighted by molar-refractivity contribution is 7.47. The molecule has 0 aliphatic rings. The molecule has 0 heterocycles. The van der Waals surface area contributed by atoms with Crippen LogP contribution in [-0.4, -0.2) is 96.7 Å². The fraction of sp³-hybridized carbons (Fsp3) is 0.947. The van der Waals surface area contributed by atoms with Crippen LogP contribution in [0.2, 0.25) is 0 Å². The number of aliphatic hydroxyl groups excluding tert-OH is 1. The van der Waals surface area contributed by atoms with E-state index in [4.69, 9.17) is 37.0 Å². The van der Waals surface area contributed by atoms with Gasteiger partial charge in [-0.15, -0.1) is 0 Å². The molecule has 0 bridgehead atoms. The number of esters is 4. The second-order valence-electron chi connectivity index (χ2n) is 28.8. The smallest absolute Gasteiger partial charge is 0.462 e. The second kappa shape index (κ2) is 66.6. The molecule has 0 aromatic heterocycles. The first-order valence-corrected chi connectivity index (χ1v) is 42.3. The maximum Gasteiger partial charge on any atom is 0.472 e. The minimum atomic E-state index is -4.96. The van der Waals surface area contributed by atoms with Gasteiger partial charge in [-0.25, -0.2) is 9.13 Å². The Hall–Kier alpha value is -1.94. The van der Waals surface area contributed by atoms with Crippen molar-refractivity contribution in [3.05, 3.63) is 0 Å². The maximum absolute atomic E-state index is 13.1. The number of hydrogen-bond donors (Lipinski definition) is 3. The number of rotatable bonds is 74. The fourth-order valence-corrected chi connectivity index (χ4v) is 13.2. The molecule has 0 rings (SSSR count). The number of phosphoric acid groups is 2. The fourth-order valence-electron chi connectivity index (χ4n) is 11.6. The van der Waals surface area contributed by atoms with Crippen LogP contribution < -0.4 is 0 Å². The average Bonchev–Trinajstić information content (AvgIpc) is 1.95. The maximum atomic E-state index is 13.1. The van der Waals surface area contributed by atoms with Crippen molar-refractivity contribution < 1.29 is 80.2 Å². The lowest BCUT2D eigenvalue weighted by Gasteiger charge is -2.21. The largest absolute Gasteiger partial charge is 0.472 e. The van der Waals surface area contributed by atoms with Crippen molar-refractivity contribution >= 4 is 39.5 Å². The monoisotopic (exact) mass is 1400 g/mol. The van der Waals surface area contributed by atoms with E-state index in [0.717, 1.165) is 102 Å². The first kappa shape index (κ1) is 93.1. The summed E-state index contributed by atoms with van der Waals surface area (Å²) >= 11 is 0. The molecule has 3 N–H and O–H groups in total. The van der Waals surface area contributed by atoms with Gasteiger partial charge in [0.1, 0.15) is 19.3 Å². The molecule has 0 aromatic carbocycles. The quantitative estimate of drug-likeness (QED) is 0.0222. The van der Waals surface area contributed by atoms with Gasteiger partial charge in [0.2, 0.25) is 0 Å². The van der Waals surface area contributed by atoms with Crippen molar-refractivity contribution in [2.45, 2.75) is 407 Å². The molecule has 95 heavy (non-hydrogen) atoms. The molecular formula is C76H148O17P2. The third-order valence-corrected chi connectivity index (χ3v) is 19.5. The van der Waals surface area contributed by atoms with E-state index in [-0.39, 0.29) is 25.7 Å². The van der Waals surface area contributed by atoms with Gasteiger partial charge in [0.15, 0.2) is 12.2 Å². The zero-order valence-electron chi connectivity index (χ0n) is 62.1. The molecule has 5 atom stereocenters. The molecule has 0 fully saturated rings. The van der Waals surface area contributed by atoms with E-state index in [1.807, 2.05) is 0 Å². The molecule has 0 aliphatic heterocycles. The van der Waals surface area contributed by atoms with Crippen LogP contribution in [0.1, 0.15) is 389 Å². The van der Waals surface area contributed by atoms with E-state index in [1.165, 1.54) is 193 Å². The SMILES string of the molecule is CCCCCCCCCCCCCCCCCCCCC(=O)OC[C@H](COP(=O)(O)OC[C@@H](O)COP(=O)(O)OC[C@@H](COC(=O)CCCCCCCCC(C)C)OC(=O)CCCCCCCCC(C)C)OC(=O)CCCCCCCCCCCCCCCCCCC(C)C. The summed E-state index contributed by atoms with van der Waals surface area (Å²) in [5.74, 6) is 0.0327. The van der Waals surface area contributed by atoms with Crippen molar-refractivity contribution in [2.75, 3.05) is 39.6 Å². The molecule has 0 amide bonds. The highest BCUT2D eigenvalue weighted by Crippen LogP contribution is 2.45. The minimum Gasteiger partial charge on any atom is -0.462 e. The van der Waals surface area contributed by atoms with E-state index in [2.05, 4.69) is 48.5 Å². The van der Waals surface area contributed by atoms with Crippen molar-refractivity contribution in [3.63, 3.8) is 0 Å². The Morgan fingerprint density at radius 3 is 0.716 bits per heavy atom. The number of ether oxygens (including phenoxy) is 4. The van der Waals surface area contributed by atoms with Crippen LogP contribution in [0.4, 0.5) is 0 Å². The van der Waals surface area contributed by atoms with E-state index in [9.17, 15) is 43.2 Å². The number of carbonyl (C=O) groups excluding carboxylic acids is 4. The third kappa shape index (κ3) is 70.3. The standard InChI is InChI=1S/C76H148O17P2/c1-8-9-10-11-12-13-14-15-16-17-18-22-25-28-31-34-43-50-57-73(78)86-63-71(92-75(80)59-52-45-35-32-29-26-23-20-19-21-24-27-30-33-40-47-54-67(2)3)65-90-94(82,83)88-61-70(77)62-89-95(84,85)91-66-72(93-76(81)60-53-46-39-37-42-49-56-69(6)7)64-87-74(79)58-51-44-38-36-41-48-55-68(4)5/h67-72,77H,8-66H2,1-7H3,(H,82,83)(H,84,85)/t70-,71-,72-/m1/s1. The van der Waals surface area contributed by atoms with Crippen LogP contribution >= 0.6 is 15.6 Å². The number of phosphoric ester groups is 2. The van der Waals surface area contributed by atoms with Gasteiger partial charge in [0.25, 0.3) is 0 Å². The summed E-state index contributed by atoms with van der Waals surface area (Å²) in [5.41, 5.74) is 0. The van der Waals surface area contributed by atoms with E-state index < -0.39 is 97.5 Å². The molecule has 0 aromatic rings. The predicted molar refractivity (Wildman–Crippen MR) is 386 cm³/mol. The second-order valence-corrected chi connectivity index (χ2v) is 31.7. The van der Waals surface area contributed by atoms with Gasteiger partial charge >= 0.3 is 39.5 Å². The van der Waals surface area contributed by atoms with E-state index in [1.54, 1.807) is 0 Å². The molecule has 0 aliphatic carbocycles. The van der Waals surface area contributed by atoms with Crippen LogP contribution in [0, 0.1) is 17.8 Å². The number of carbonyl (C=O) groups is 4. The zero-order valence-corrected chi connectivity index (χ0v) is 63.9. The normalized spacial score (nSPS) is 14.1. The first-order chi connectivity index (χ1) is 45.7. The van der Waals surface area contributed by atoms with Crippen molar-refractivity contribution in [3.8, 4) is 0 Å². The van der Waals surface area contributed by atoms with Crippen LogP contribution in [0.5, 0.6) is 0 Å². The lowest BCUT2D eigenvalue weighted by Crippen LogP contribution is -2.30. The van der Waals surface area contributed by atoms with Crippen molar-refractivity contribution in [2.24, 2.45) is 17.8 Å². The minimum absolute atomic E-state index is 0.101. The van der Waals surface area contributed by atoms with Crippen molar-refractivity contribution in [1.29, 1.82) is 0 Å². The van der Waals surface area contributed by atoms with Crippen LogP contribution in [0.25, 0.3) is 0 Å². The average molecular weight is 1400 g/mol. The Bertz CT molecular complexity index is 1850. The van der Waals surface area contributed by atoms with Gasteiger partial charge in [-0.05, 0) is 43.4 Å². The van der Waals surface area contributed by atoms with Gasteiger partial charge < -0.3 is 33.8 Å². The summed E-state index contributed by atoms with van der Waals surface area (Å²) in [6.07, 6.45) is 53.2. The summed E-state index contributed by atoms with van der Waals surface area (Å²) in [5, 5.41) is 10.6. The highest BCUT2D eigenvalue weighted by Gasteiger charge is 2.30. The molecule has 564 valence electrons. The predicted octanol–water partition coefficient (Wildman–Crippen LogP) is 22.2. The molecule has 0 spiro atoms. The first-order valence-electron chi connectivity index (χ1n) is 39.3. The molecular weight excluding hydrogens is 1250 g/mol. The van der Waals surface area contributed by atoms with Gasteiger partial charge in [0, 0.05) is 25.7 Å². The molecule has 17 nitrogen and oxygen atoms in total. The van der Waals surface area contributed by atoms with Crippen molar-refractivity contribution in [1.82, 2.24) is 0 Å². The number of unbranched alkanes of at least 4 members (excludes halogenated alkanes) is 42. The molecule has 2 unspecified atom stereocenters. The van der Waals surface area contributed by atoms with Crippen LogP contribution in [0.3, 0.4) is 0 Å². The Morgan fingerprint density at radius 1 is 0.284 bits per heavy atom.